The molecule has 0 saturated carbocycles. The van der Waals surface area contributed by atoms with Crippen LogP contribution < -0.4 is 5.73 Å². The van der Waals surface area contributed by atoms with Crippen LogP contribution in [-0.4, -0.2) is 23.0 Å². The molecule has 1 heterocycles. The summed E-state index contributed by atoms with van der Waals surface area (Å²) in [6, 6.07) is 9.16. The van der Waals surface area contributed by atoms with Crippen molar-refractivity contribution in [1.29, 1.82) is 0 Å². The van der Waals surface area contributed by atoms with Crippen molar-refractivity contribution < 1.29 is 4.39 Å². The minimum atomic E-state index is -0.258. The number of benzene rings is 1. The van der Waals surface area contributed by atoms with E-state index < -0.39 is 0 Å². The Kier molecular flexibility index (Phi) is 5.85. The second kappa shape index (κ2) is 7.64. The van der Waals surface area contributed by atoms with Gasteiger partial charge in [0, 0.05) is 31.5 Å². The number of hydrogen-bond acceptors (Lipinski definition) is 3. The Morgan fingerprint density at radius 2 is 2.00 bits per heavy atom. The quantitative estimate of drug-likeness (QED) is 0.865. The number of pyridine rings is 1. The second-order valence-corrected chi connectivity index (χ2v) is 5.70. The summed E-state index contributed by atoms with van der Waals surface area (Å²) in [4.78, 5) is 6.26. The number of halogens is 2. The second-order valence-electron chi connectivity index (χ2n) is 4.84. The summed E-state index contributed by atoms with van der Waals surface area (Å²) in [5, 5.41) is 0. The van der Waals surface area contributed by atoms with E-state index in [1.165, 1.54) is 5.56 Å². The summed E-state index contributed by atoms with van der Waals surface area (Å²) >= 11 is 3.18. The zero-order valence-corrected chi connectivity index (χ0v) is 13.6. The fraction of sp³-hybridized carbons (Fsp3) is 0.312. The summed E-state index contributed by atoms with van der Waals surface area (Å²) in [6.45, 7) is 4.12. The van der Waals surface area contributed by atoms with Crippen LogP contribution in [0.3, 0.4) is 0 Å². The van der Waals surface area contributed by atoms with Crippen LogP contribution in [0.25, 0.3) is 0 Å². The number of nitrogens with two attached hydrogens (primary N) is 1. The maximum atomic E-state index is 13.8. The molecule has 2 N–H and O–H groups in total. The van der Waals surface area contributed by atoms with E-state index in [4.69, 9.17) is 5.73 Å². The lowest BCUT2D eigenvalue weighted by atomic mass is 10.0. The Hall–Kier alpha value is -1.30. The number of rotatable bonds is 6. The normalized spacial score (nSPS) is 12.6. The first kappa shape index (κ1) is 16.1. The minimum absolute atomic E-state index is 0.00855. The highest BCUT2D eigenvalue weighted by molar-refractivity contribution is 9.10. The summed E-state index contributed by atoms with van der Waals surface area (Å²) < 4.78 is 14.2. The molecule has 1 atom stereocenters. The molecule has 0 aliphatic heterocycles. The largest absolute Gasteiger partial charge is 0.329 e. The van der Waals surface area contributed by atoms with Crippen molar-refractivity contribution >= 4 is 15.9 Å². The van der Waals surface area contributed by atoms with Crippen LogP contribution in [0.1, 0.15) is 24.1 Å². The summed E-state index contributed by atoms with van der Waals surface area (Å²) in [6.07, 6.45) is 3.56. The number of aromatic nitrogens is 1. The lowest BCUT2D eigenvalue weighted by molar-refractivity contribution is 0.203. The molecule has 0 aliphatic rings. The van der Waals surface area contributed by atoms with E-state index in [1.54, 1.807) is 24.5 Å². The third-order valence-corrected chi connectivity index (χ3v) is 4.18. The molecule has 21 heavy (non-hydrogen) atoms. The van der Waals surface area contributed by atoms with E-state index >= 15 is 0 Å². The zero-order chi connectivity index (χ0) is 15.2. The zero-order valence-electron chi connectivity index (χ0n) is 12.0. The molecule has 1 unspecified atom stereocenters. The fourth-order valence-electron chi connectivity index (χ4n) is 2.38. The summed E-state index contributed by atoms with van der Waals surface area (Å²) in [5.74, 6) is -0.258. The van der Waals surface area contributed by atoms with Crippen molar-refractivity contribution in [2.45, 2.75) is 19.5 Å². The predicted octanol–water partition coefficient (Wildman–Crippen LogP) is 3.51. The first-order valence-electron chi connectivity index (χ1n) is 6.93. The molecule has 0 aliphatic carbocycles. The van der Waals surface area contributed by atoms with Crippen LogP contribution in [0, 0.1) is 5.82 Å². The SMILES string of the molecule is CCN(Cc1ccncc1)C(CN)c1ccc(Br)c(F)c1. The van der Waals surface area contributed by atoms with E-state index in [0.29, 0.717) is 11.0 Å². The number of hydrogen-bond donors (Lipinski definition) is 1. The van der Waals surface area contributed by atoms with Crippen molar-refractivity contribution in [3.05, 3.63) is 64.1 Å². The smallest absolute Gasteiger partial charge is 0.137 e. The van der Waals surface area contributed by atoms with Crippen LogP contribution in [0.4, 0.5) is 4.39 Å². The summed E-state index contributed by atoms with van der Waals surface area (Å²) in [7, 11) is 0. The van der Waals surface area contributed by atoms with Crippen molar-refractivity contribution in [1.82, 2.24) is 9.88 Å². The van der Waals surface area contributed by atoms with Crippen molar-refractivity contribution in [2.75, 3.05) is 13.1 Å². The van der Waals surface area contributed by atoms with Gasteiger partial charge in [0.25, 0.3) is 0 Å². The molecule has 112 valence electrons. The van der Waals surface area contributed by atoms with Gasteiger partial charge in [-0.1, -0.05) is 13.0 Å². The fourth-order valence-corrected chi connectivity index (χ4v) is 2.63. The molecule has 0 bridgehead atoms. The Morgan fingerprint density at radius 3 is 2.57 bits per heavy atom. The van der Waals surface area contributed by atoms with Crippen LogP contribution in [0.5, 0.6) is 0 Å². The van der Waals surface area contributed by atoms with Crippen LogP contribution in [0.15, 0.2) is 47.2 Å². The average Bonchev–Trinajstić information content (AvgIpc) is 2.51. The van der Waals surface area contributed by atoms with E-state index in [2.05, 4.69) is 32.7 Å². The Morgan fingerprint density at radius 1 is 1.29 bits per heavy atom. The molecule has 0 saturated heterocycles. The van der Waals surface area contributed by atoms with Gasteiger partial charge in [0.15, 0.2) is 0 Å². The van der Waals surface area contributed by atoms with Crippen molar-refractivity contribution in [3.8, 4) is 0 Å². The Labute approximate surface area is 133 Å². The molecule has 5 heteroatoms. The number of nitrogens with zero attached hydrogens (tertiary/aromatic N) is 2. The molecular formula is C16H19BrFN3. The van der Waals surface area contributed by atoms with E-state index in [1.807, 2.05) is 18.2 Å². The molecule has 1 aromatic carbocycles. The molecule has 2 aromatic rings. The van der Waals surface area contributed by atoms with Gasteiger partial charge in [-0.3, -0.25) is 9.88 Å². The van der Waals surface area contributed by atoms with Crippen LogP contribution >= 0.6 is 15.9 Å². The average molecular weight is 352 g/mol. The molecule has 0 spiro atoms. The molecule has 1 aromatic heterocycles. The molecule has 2 rings (SSSR count). The Bertz CT molecular complexity index is 577. The van der Waals surface area contributed by atoms with Gasteiger partial charge in [-0.2, -0.15) is 0 Å². The molecular weight excluding hydrogens is 333 g/mol. The van der Waals surface area contributed by atoms with Gasteiger partial charge in [-0.25, -0.2) is 4.39 Å². The highest BCUT2D eigenvalue weighted by atomic mass is 79.9. The van der Waals surface area contributed by atoms with E-state index in [-0.39, 0.29) is 11.9 Å². The monoisotopic (exact) mass is 351 g/mol. The first-order valence-corrected chi connectivity index (χ1v) is 7.73. The maximum absolute atomic E-state index is 13.8. The topological polar surface area (TPSA) is 42.2 Å². The predicted molar refractivity (Wildman–Crippen MR) is 86.2 cm³/mol. The van der Waals surface area contributed by atoms with Gasteiger partial charge in [-0.05, 0) is 57.9 Å². The third-order valence-electron chi connectivity index (χ3n) is 3.53. The standard InChI is InChI=1S/C16H19BrFN3/c1-2-21(11-12-5-7-20-8-6-12)16(10-19)13-3-4-14(17)15(18)9-13/h3-9,16H,2,10-11,19H2,1H3. The highest BCUT2D eigenvalue weighted by Gasteiger charge is 2.19. The van der Waals surface area contributed by atoms with Crippen LogP contribution in [0.2, 0.25) is 0 Å². The third kappa shape index (κ3) is 4.09. The molecule has 0 radical (unpaired) electrons. The van der Waals surface area contributed by atoms with Crippen molar-refractivity contribution in [3.63, 3.8) is 0 Å². The summed E-state index contributed by atoms with van der Waals surface area (Å²) in [5.41, 5.74) is 8.00. The van der Waals surface area contributed by atoms with Gasteiger partial charge in [0.05, 0.1) is 4.47 Å². The van der Waals surface area contributed by atoms with Gasteiger partial charge >= 0.3 is 0 Å². The lowest BCUT2D eigenvalue weighted by Gasteiger charge is -2.30. The van der Waals surface area contributed by atoms with Crippen molar-refractivity contribution in [2.24, 2.45) is 5.73 Å². The van der Waals surface area contributed by atoms with E-state index in [9.17, 15) is 4.39 Å². The molecule has 0 amide bonds. The molecule has 0 fully saturated rings. The van der Waals surface area contributed by atoms with Gasteiger partial charge in [0.2, 0.25) is 0 Å². The number of likely N-dealkylation sites (N-methyl/N-ethyl adjacent to an activating group) is 1. The minimum Gasteiger partial charge on any atom is -0.329 e. The highest BCUT2D eigenvalue weighted by Crippen LogP contribution is 2.25. The lowest BCUT2D eigenvalue weighted by Crippen LogP contribution is -2.33. The Balaban J connectivity index is 2.22. The van der Waals surface area contributed by atoms with Gasteiger partial charge < -0.3 is 5.73 Å². The first-order chi connectivity index (χ1) is 10.2. The van der Waals surface area contributed by atoms with Gasteiger partial charge in [0.1, 0.15) is 5.82 Å². The van der Waals surface area contributed by atoms with Gasteiger partial charge in [-0.15, -0.1) is 0 Å². The molecule has 3 nitrogen and oxygen atoms in total. The maximum Gasteiger partial charge on any atom is 0.137 e. The van der Waals surface area contributed by atoms with E-state index in [0.717, 1.165) is 18.7 Å². The van der Waals surface area contributed by atoms with Crippen LogP contribution in [-0.2, 0) is 6.54 Å².